The first-order valence-corrected chi connectivity index (χ1v) is 7.41. The van der Waals surface area contributed by atoms with Crippen molar-refractivity contribution in [3.8, 4) is 0 Å². The number of aromatic nitrogens is 2. The van der Waals surface area contributed by atoms with Gasteiger partial charge in [-0.1, -0.05) is 26.7 Å². The zero-order chi connectivity index (χ0) is 15.2. The first-order chi connectivity index (χ1) is 9.41. The molecule has 0 aliphatic rings. The van der Waals surface area contributed by atoms with Gasteiger partial charge < -0.3 is 10.4 Å². The second kappa shape index (κ2) is 7.43. The number of hydrogen-bond acceptors (Lipinski definition) is 3. The van der Waals surface area contributed by atoms with E-state index in [-0.39, 0.29) is 12.3 Å². The predicted molar refractivity (Wildman–Crippen MR) is 79.3 cm³/mol. The van der Waals surface area contributed by atoms with Gasteiger partial charge in [0.05, 0.1) is 17.7 Å². The predicted octanol–water partition coefficient (Wildman–Crippen LogP) is 2.36. The normalized spacial score (nSPS) is 11.7. The van der Waals surface area contributed by atoms with Crippen LogP contribution in [-0.2, 0) is 11.3 Å². The van der Waals surface area contributed by atoms with Gasteiger partial charge in [-0.15, -0.1) is 0 Å². The molecule has 0 radical (unpaired) electrons. The highest BCUT2D eigenvalue weighted by Gasteiger charge is 2.28. The molecule has 0 aliphatic carbocycles. The van der Waals surface area contributed by atoms with Gasteiger partial charge in [-0.05, 0) is 26.7 Å². The van der Waals surface area contributed by atoms with Crippen LogP contribution < -0.4 is 5.32 Å². The zero-order valence-corrected chi connectivity index (χ0v) is 13.0. The van der Waals surface area contributed by atoms with Gasteiger partial charge in [0, 0.05) is 17.8 Å². The van der Waals surface area contributed by atoms with Crippen molar-refractivity contribution in [3.05, 3.63) is 17.0 Å². The monoisotopic (exact) mass is 281 g/mol. The third-order valence-corrected chi connectivity index (χ3v) is 3.66. The van der Waals surface area contributed by atoms with Crippen LogP contribution in [0.25, 0.3) is 0 Å². The lowest BCUT2D eigenvalue weighted by molar-refractivity contribution is -0.126. The number of hydrogen-bond donors (Lipinski definition) is 3. The fourth-order valence-electron chi connectivity index (χ4n) is 2.62. The molecule has 1 rings (SSSR count). The van der Waals surface area contributed by atoms with Crippen LogP contribution in [0.4, 0.5) is 0 Å². The fourth-order valence-corrected chi connectivity index (χ4v) is 2.62. The molecule has 5 heteroatoms. The zero-order valence-electron chi connectivity index (χ0n) is 13.0. The van der Waals surface area contributed by atoms with E-state index in [0.717, 1.165) is 29.8 Å². The van der Waals surface area contributed by atoms with E-state index in [4.69, 9.17) is 0 Å². The number of amides is 1. The summed E-state index contributed by atoms with van der Waals surface area (Å²) in [5, 5.41) is 20.3. The smallest absolute Gasteiger partial charge is 0.223 e. The summed E-state index contributed by atoms with van der Waals surface area (Å²) in [6.45, 7) is 8.36. The van der Waals surface area contributed by atoms with Gasteiger partial charge >= 0.3 is 0 Å². The number of aliphatic hydroxyl groups is 1. The summed E-state index contributed by atoms with van der Waals surface area (Å²) in [4.78, 5) is 12.0. The van der Waals surface area contributed by atoms with E-state index in [2.05, 4.69) is 15.5 Å². The Bertz CT molecular complexity index is 415. The Balaban J connectivity index is 2.54. The van der Waals surface area contributed by atoms with Gasteiger partial charge in [0.25, 0.3) is 0 Å². The molecular formula is C15H27N3O2. The van der Waals surface area contributed by atoms with Gasteiger partial charge in [-0.2, -0.15) is 5.10 Å². The minimum absolute atomic E-state index is 0.102. The van der Waals surface area contributed by atoms with E-state index in [1.165, 1.54) is 0 Å². The van der Waals surface area contributed by atoms with Crippen molar-refractivity contribution in [2.75, 3.05) is 0 Å². The van der Waals surface area contributed by atoms with Gasteiger partial charge in [0.15, 0.2) is 0 Å². The second-order valence-corrected chi connectivity index (χ2v) is 5.59. The van der Waals surface area contributed by atoms with Crippen LogP contribution in [0.15, 0.2) is 0 Å². The molecule has 0 bridgehead atoms. The van der Waals surface area contributed by atoms with E-state index in [9.17, 15) is 9.90 Å². The summed E-state index contributed by atoms with van der Waals surface area (Å²) in [5.41, 5.74) is 2.03. The van der Waals surface area contributed by atoms with Gasteiger partial charge in [0.2, 0.25) is 5.91 Å². The van der Waals surface area contributed by atoms with E-state index in [1.807, 2.05) is 27.7 Å². The summed E-state index contributed by atoms with van der Waals surface area (Å²) >= 11 is 0. The maximum Gasteiger partial charge on any atom is 0.223 e. The molecular weight excluding hydrogens is 254 g/mol. The largest absolute Gasteiger partial charge is 0.389 e. The Hall–Kier alpha value is -1.36. The van der Waals surface area contributed by atoms with E-state index < -0.39 is 5.60 Å². The number of carbonyl (C=O) groups is 1. The maximum absolute atomic E-state index is 12.0. The minimum atomic E-state index is -0.867. The Morgan fingerprint density at radius 1 is 1.30 bits per heavy atom. The highest BCUT2D eigenvalue weighted by Crippen LogP contribution is 2.23. The summed E-state index contributed by atoms with van der Waals surface area (Å²) in [6, 6.07) is 0. The molecule has 20 heavy (non-hydrogen) atoms. The van der Waals surface area contributed by atoms with Gasteiger partial charge in [-0.25, -0.2) is 0 Å². The maximum atomic E-state index is 12.0. The molecule has 0 aliphatic heterocycles. The van der Waals surface area contributed by atoms with Crippen molar-refractivity contribution in [2.24, 2.45) is 0 Å². The molecule has 1 amide bonds. The van der Waals surface area contributed by atoms with Crippen molar-refractivity contribution in [3.63, 3.8) is 0 Å². The van der Waals surface area contributed by atoms with Crippen LogP contribution in [0.5, 0.6) is 0 Å². The summed E-state index contributed by atoms with van der Waals surface area (Å²) in [5.74, 6) is -0.102. The lowest BCUT2D eigenvalue weighted by Crippen LogP contribution is -2.36. The van der Waals surface area contributed by atoms with Crippen LogP contribution in [-0.4, -0.2) is 26.8 Å². The van der Waals surface area contributed by atoms with Crippen LogP contribution in [0.2, 0.25) is 0 Å². The average molecular weight is 281 g/mol. The van der Waals surface area contributed by atoms with Gasteiger partial charge in [0.1, 0.15) is 0 Å². The lowest BCUT2D eigenvalue weighted by atomic mass is 9.89. The molecule has 3 N–H and O–H groups in total. The Labute approximate surface area is 121 Å². The number of H-pyrrole nitrogens is 1. The van der Waals surface area contributed by atoms with E-state index in [0.29, 0.717) is 19.4 Å². The van der Waals surface area contributed by atoms with Crippen LogP contribution in [0, 0.1) is 13.8 Å². The molecule has 0 aromatic carbocycles. The molecule has 0 atom stereocenters. The number of nitrogens with zero attached hydrogens (tertiary/aromatic N) is 1. The summed E-state index contributed by atoms with van der Waals surface area (Å²) in [6.07, 6.45) is 3.26. The number of aromatic amines is 1. The number of carbonyl (C=O) groups excluding carboxylic acids is 1. The van der Waals surface area contributed by atoms with E-state index in [1.54, 1.807) is 0 Å². The van der Waals surface area contributed by atoms with Crippen LogP contribution >= 0.6 is 0 Å². The summed E-state index contributed by atoms with van der Waals surface area (Å²) in [7, 11) is 0. The van der Waals surface area contributed by atoms with Crippen molar-refractivity contribution < 1.29 is 9.90 Å². The third kappa shape index (κ3) is 4.63. The fraction of sp³-hybridized carbons (Fsp3) is 0.733. The molecule has 1 aromatic rings. The topological polar surface area (TPSA) is 78.0 Å². The van der Waals surface area contributed by atoms with Crippen molar-refractivity contribution in [1.82, 2.24) is 15.5 Å². The molecule has 5 nitrogen and oxygen atoms in total. The first-order valence-electron chi connectivity index (χ1n) is 7.41. The first kappa shape index (κ1) is 16.7. The SMILES string of the molecule is CCCC(O)(CCC)CC(=O)NCc1c(C)n[nH]c1C. The molecule has 0 unspecified atom stereocenters. The molecule has 0 spiro atoms. The van der Waals surface area contributed by atoms with E-state index >= 15 is 0 Å². The molecule has 0 fully saturated rings. The quantitative estimate of drug-likeness (QED) is 0.684. The Morgan fingerprint density at radius 2 is 1.90 bits per heavy atom. The molecule has 1 aromatic heterocycles. The number of rotatable bonds is 8. The highest BCUT2D eigenvalue weighted by atomic mass is 16.3. The highest BCUT2D eigenvalue weighted by molar-refractivity contribution is 5.77. The molecule has 0 saturated heterocycles. The number of aryl methyl sites for hydroxylation is 2. The second-order valence-electron chi connectivity index (χ2n) is 5.59. The number of nitrogens with one attached hydrogen (secondary N) is 2. The lowest BCUT2D eigenvalue weighted by Gasteiger charge is -2.26. The molecule has 0 saturated carbocycles. The van der Waals surface area contributed by atoms with Crippen molar-refractivity contribution in [2.45, 2.75) is 71.9 Å². The van der Waals surface area contributed by atoms with Crippen molar-refractivity contribution >= 4 is 5.91 Å². The standard InChI is InChI=1S/C15H27N3O2/c1-5-7-15(20,8-6-2)9-14(19)16-10-13-11(3)17-18-12(13)4/h20H,5-10H2,1-4H3,(H,16,19)(H,17,18). The summed E-state index contributed by atoms with van der Waals surface area (Å²) < 4.78 is 0. The average Bonchev–Trinajstić information content (AvgIpc) is 2.67. The third-order valence-electron chi connectivity index (χ3n) is 3.66. The Morgan fingerprint density at radius 3 is 2.35 bits per heavy atom. The van der Waals surface area contributed by atoms with Crippen molar-refractivity contribution in [1.29, 1.82) is 0 Å². The van der Waals surface area contributed by atoms with Crippen LogP contribution in [0.3, 0.4) is 0 Å². The molecule has 1 heterocycles. The molecule has 114 valence electrons. The Kier molecular flexibility index (Phi) is 6.20. The minimum Gasteiger partial charge on any atom is -0.389 e. The van der Waals surface area contributed by atoms with Gasteiger partial charge in [-0.3, -0.25) is 9.89 Å². The van der Waals surface area contributed by atoms with Crippen LogP contribution in [0.1, 0.15) is 62.9 Å².